The van der Waals surface area contributed by atoms with Gasteiger partial charge in [-0.3, -0.25) is 0 Å². The van der Waals surface area contributed by atoms with Gasteiger partial charge in [-0.2, -0.15) is 13.2 Å². The number of nitrogens with two attached hydrogens (primary N) is 4. The van der Waals surface area contributed by atoms with Crippen LogP contribution >= 0.6 is 31.9 Å². The monoisotopic (exact) mass is 888 g/mol. The van der Waals surface area contributed by atoms with Crippen LogP contribution in [-0.2, 0) is 30.8 Å². The maximum absolute atomic E-state index is 13.9. The van der Waals surface area contributed by atoms with Gasteiger partial charge in [-0.05, 0) is 69.3 Å². The Morgan fingerprint density at radius 1 is 0.556 bits per heavy atom. The van der Waals surface area contributed by atoms with Crippen LogP contribution in [0.25, 0.3) is 0 Å². The molecule has 3 saturated carbocycles. The molecule has 9 atom stereocenters. The summed E-state index contributed by atoms with van der Waals surface area (Å²) >= 11 is 6.40. The lowest BCUT2D eigenvalue weighted by Crippen LogP contribution is -2.40. The Labute approximate surface area is 320 Å². The maximum Gasteiger partial charge on any atom is 0.283 e. The van der Waals surface area contributed by atoms with Gasteiger partial charge in [-0.15, -0.1) is 0 Å². The minimum absolute atomic E-state index is 0.0451. The summed E-state index contributed by atoms with van der Waals surface area (Å²) in [5.74, 6) is -2.79. The molecule has 0 aromatic carbocycles. The molecule has 8 N–H and O–H groups in total. The zero-order chi connectivity index (χ0) is 38.7. The van der Waals surface area contributed by atoms with Crippen molar-refractivity contribution in [1.29, 1.82) is 0 Å². The van der Waals surface area contributed by atoms with Crippen molar-refractivity contribution in [3.05, 3.63) is 80.3 Å². The quantitative estimate of drug-likeness (QED) is 0.202. The molecule has 13 nitrogen and oxygen atoms in total. The zero-order valence-electron chi connectivity index (χ0n) is 27.9. The van der Waals surface area contributed by atoms with Crippen LogP contribution < -0.4 is 22.9 Å². The van der Waals surface area contributed by atoms with E-state index in [0.717, 1.165) is 0 Å². The number of hydrogen-bond acceptors (Lipinski definition) is 13. The molecule has 0 bridgehead atoms. The molecule has 21 heteroatoms. The van der Waals surface area contributed by atoms with Crippen molar-refractivity contribution in [2.45, 2.75) is 54.2 Å². The van der Waals surface area contributed by atoms with Crippen molar-refractivity contribution in [2.75, 3.05) is 25.8 Å². The van der Waals surface area contributed by atoms with E-state index >= 15 is 0 Å². The Kier molecular flexibility index (Phi) is 9.84. The van der Waals surface area contributed by atoms with E-state index in [1.54, 1.807) is 0 Å². The van der Waals surface area contributed by atoms with E-state index < -0.39 is 54.5 Å². The third-order valence-electron chi connectivity index (χ3n) is 10.3. The van der Waals surface area contributed by atoms with Crippen LogP contribution in [0, 0.1) is 35.6 Å². The lowest BCUT2D eigenvalue weighted by Gasteiger charge is -2.31. The molecular weight excluding hydrogens is 858 g/mol. The highest BCUT2D eigenvalue weighted by Crippen LogP contribution is 2.55. The number of alkyl halides is 3. The SMILES string of the molecule is NC1=N[C@@](CF)(c2cc(Br)cnc2F)[C@@H]2C[C@@H]2O1.NC1=N[C@](CF)(c2cc(Br)cnc2F)[C@H]2C[C@H]2O1.NC1=N[C@](CF)(c2cc(N)cnc2F)[C@H]2C[C@H]2O1. The number of anilines is 1. The molecule has 3 aliphatic carbocycles. The van der Waals surface area contributed by atoms with E-state index in [2.05, 4.69) is 61.8 Å². The summed E-state index contributed by atoms with van der Waals surface area (Å²) in [6.45, 7) is -2.51. The summed E-state index contributed by atoms with van der Waals surface area (Å²) in [5.41, 5.74) is 18.8. The molecule has 6 heterocycles. The van der Waals surface area contributed by atoms with E-state index in [4.69, 9.17) is 37.1 Å². The second kappa shape index (κ2) is 14.0. The summed E-state index contributed by atoms with van der Waals surface area (Å²) in [7, 11) is 0. The molecule has 0 amide bonds. The van der Waals surface area contributed by atoms with Crippen molar-refractivity contribution in [1.82, 2.24) is 15.0 Å². The van der Waals surface area contributed by atoms with Gasteiger partial charge in [0.2, 0.25) is 17.8 Å². The number of aliphatic imine (C=N–C) groups is 3. The molecular formula is C33H32Br2F6N10O3. The summed E-state index contributed by atoms with van der Waals surface area (Å²) in [5, 5.41) is 0. The molecule has 0 unspecified atom stereocenters. The second-order valence-electron chi connectivity index (χ2n) is 13.6. The standard InChI is InChI=1S/2C11H10BrF2N3O.C11H12F2N4O/c2*12-5-1-7(9(14)16-3-5)11(4-13)6-2-8(6)18-10(15)17-11;12-4-11(6-2-8(6)18-10(15)17-11)7-1-5(14)3-16-9(7)13/h2*1,3,6,8H,2,4H2,(H2,15,17);1,3,6,8H,2,4,14H2,(H2,15,17)/t3*6-,8+,11-/m100/s1. The van der Waals surface area contributed by atoms with Crippen LogP contribution in [-0.4, -0.2) is 71.4 Å². The van der Waals surface area contributed by atoms with Gasteiger partial charge >= 0.3 is 0 Å². The average Bonchev–Trinajstić information content (AvgIpc) is 4.03. The number of pyridine rings is 3. The largest absolute Gasteiger partial charge is 0.462 e. The predicted molar refractivity (Wildman–Crippen MR) is 189 cm³/mol. The van der Waals surface area contributed by atoms with Crippen LogP contribution in [0.2, 0.25) is 0 Å². The lowest BCUT2D eigenvalue weighted by molar-refractivity contribution is 0.167. The van der Waals surface area contributed by atoms with E-state index in [1.807, 2.05) is 0 Å². The van der Waals surface area contributed by atoms with Gasteiger partial charge in [0.25, 0.3) is 18.1 Å². The Balaban J connectivity index is 0.000000125. The van der Waals surface area contributed by atoms with Gasteiger partial charge < -0.3 is 37.1 Å². The number of rotatable bonds is 6. The normalized spacial score (nSPS) is 33.4. The first-order valence-corrected chi connectivity index (χ1v) is 18.1. The van der Waals surface area contributed by atoms with Crippen molar-refractivity contribution in [3.63, 3.8) is 0 Å². The third-order valence-corrected chi connectivity index (χ3v) is 11.1. The average molecular weight is 890 g/mol. The van der Waals surface area contributed by atoms with Crippen LogP contribution in [0.3, 0.4) is 0 Å². The maximum atomic E-state index is 13.9. The highest BCUT2D eigenvalue weighted by molar-refractivity contribution is 9.10. The predicted octanol–water partition coefficient (Wildman–Crippen LogP) is 4.46. The van der Waals surface area contributed by atoms with Crippen molar-refractivity contribution >= 4 is 55.6 Å². The van der Waals surface area contributed by atoms with Gasteiger partial charge in [0.1, 0.15) is 55.0 Å². The molecule has 6 aliphatic rings. The first-order chi connectivity index (χ1) is 25.7. The lowest BCUT2D eigenvalue weighted by atomic mass is 9.86. The fourth-order valence-electron chi connectivity index (χ4n) is 7.40. The Morgan fingerprint density at radius 3 is 1.20 bits per heavy atom. The number of nitrogens with zero attached hydrogens (tertiary/aromatic N) is 6. The molecule has 9 rings (SSSR count). The van der Waals surface area contributed by atoms with Crippen LogP contribution in [0.15, 0.2) is 60.7 Å². The fraction of sp³-hybridized carbons (Fsp3) is 0.455. The highest BCUT2D eigenvalue weighted by atomic mass is 79.9. The van der Waals surface area contributed by atoms with Crippen molar-refractivity contribution in [3.8, 4) is 0 Å². The molecule has 288 valence electrons. The molecule has 0 saturated heterocycles. The number of fused-ring (bicyclic) bond motifs is 3. The van der Waals surface area contributed by atoms with Crippen molar-refractivity contribution < 1.29 is 40.6 Å². The third kappa shape index (κ3) is 6.66. The molecule has 3 aliphatic heterocycles. The Hall–Kier alpha value is -4.40. The second-order valence-corrected chi connectivity index (χ2v) is 15.4. The molecule has 3 fully saturated rings. The number of amidine groups is 3. The smallest absolute Gasteiger partial charge is 0.283 e. The van der Waals surface area contributed by atoms with E-state index in [-0.39, 0.29) is 76.5 Å². The highest BCUT2D eigenvalue weighted by Gasteiger charge is 2.62. The van der Waals surface area contributed by atoms with Gasteiger partial charge in [-0.25, -0.2) is 43.1 Å². The van der Waals surface area contributed by atoms with Gasteiger partial charge in [0.15, 0.2) is 0 Å². The van der Waals surface area contributed by atoms with Crippen LogP contribution in [0.5, 0.6) is 0 Å². The molecule has 0 spiro atoms. The van der Waals surface area contributed by atoms with E-state index in [1.165, 1.54) is 36.8 Å². The molecule has 0 radical (unpaired) electrons. The number of aromatic nitrogens is 3. The van der Waals surface area contributed by atoms with Crippen LogP contribution in [0.4, 0.5) is 32.0 Å². The molecule has 3 aromatic heterocycles. The fourth-order valence-corrected chi connectivity index (χ4v) is 8.06. The van der Waals surface area contributed by atoms with E-state index in [0.29, 0.717) is 28.2 Å². The summed E-state index contributed by atoms with van der Waals surface area (Å²) in [6, 6.07) is 4.06. The minimum atomic E-state index is -1.35. The number of halogens is 8. The number of hydrogen-bond donors (Lipinski definition) is 4. The van der Waals surface area contributed by atoms with Gasteiger partial charge in [0, 0.05) is 55.8 Å². The van der Waals surface area contributed by atoms with Gasteiger partial charge in [0.05, 0.1) is 11.9 Å². The Bertz CT molecular complexity index is 1840. The first kappa shape index (κ1) is 37.9. The molecule has 54 heavy (non-hydrogen) atoms. The van der Waals surface area contributed by atoms with Crippen LogP contribution in [0.1, 0.15) is 36.0 Å². The Morgan fingerprint density at radius 2 is 0.870 bits per heavy atom. The van der Waals surface area contributed by atoms with E-state index in [9.17, 15) is 26.3 Å². The summed E-state index contributed by atoms with van der Waals surface area (Å²) in [4.78, 5) is 22.7. The summed E-state index contributed by atoms with van der Waals surface area (Å²) in [6.07, 6.45) is 5.14. The topological polar surface area (TPSA) is 208 Å². The number of ether oxygens (including phenoxy) is 3. The van der Waals surface area contributed by atoms with Gasteiger partial charge in [-0.1, -0.05) is 0 Å². The zero-order valence-corrected chi connectivity index (χ0v) is 31.1. The van der Waals surface area contributed by atoms with Crippen molar-refractivity contribution in [2.24, 2.45) is 49.9 Å². The molecule has 3 aromatic rings. The first-order valence-electron chi connectivity index (χ1n) is 16.5. The summed E-state index contributed by atoms with van der Waals surface area (Å²) < 4.78 is 98.9. The number of nitrogen functional groups attached to an aromatic ring is 1. The minimum Gasteiger partial charge on any atom is -0.462 e.